The van der Waals surface area contributed by atoms with Crippen molar-refractivity contribution < 1.29 is 23.4 Å². The molecule has 19 heavy (non-hydrogen) atoms. The Hall–Kier alpha value is 0.450. The predicted molar refractivity (Wildman–Crippen MR) is 75.5 cm³/mol. The average Bonchev–Trinajstić information content (AvgIpc) is 2.95. The minimum atomic E-state index is -3.20. The van der Waals surface area contributed by atoms with Crippen molar-refractivity contribution in [1.29, 1.82) is 0 Å². The van der Waals surface area contributed by atoms with Crippen LogP contribution in [0.3, 0.4) is 0 Å². The highest BCUT2D eigenvalue weighted by Crippen LogP contribution is 2.47. The molecule has 2 rings (SSSR count). The van der Waals surface area contributed by atoms with E-state index >= 15 is 0 Å². The van der Waals surface area contributed by atoms with E-state index in [9.17, 15) is 4.89 Å². The van der Waals surface area contributed by atoms with Crippen molar-refractivity contribution in [1.82, 2.24) is 0 Å². The van der Waals surface area contributed by atoms with Gasteiger partial charge in [-0.05, 0) is 30.6 Å². The Labute approximate surface area is 119 Å². The zero-order valence-electron chi connectivity index (χ0n) is 11.5. The first kappa shape index (κ1) is 15.8. The molecule has 0 spiro atoms. The van der Waals surface area contributed by atoms with Gasteiger partial charge in [0.25, 0.3) is 0 Å². The maximum absolute atomic E-state index is 10.1. The zero-order chi connectivity index (χ0) is 13.9. The minimum absolute atomic E-state index is 0.0136. The fourth-order valence-corrected chi connectivity index (χ4v) is 3.96. The summed E-state index contributed by atoms with van der Waals surface area (Å²) >= 11 is 5.07. The van der Waals surface area contributed by atoms with Crippen molar-refractivity contribution in [2.24, 2.45) is 5.92 Å². The second-order valence-corrected chi connectivity index (χ2v) is 7.98. The van der Waals surface area contributed by atoms with Gasteiger partial charge in [0.05, 0.1) is 24.9 Å². The summed E-state index contributed by atoms with van der Waals surface area (Å²) in [5.41, 5.74) is 0. The highest BCUT2D eigenvalue weighted by Gasteiger charge is 2.34. The zero-order valence-corrected chi connectivity index (χ0v) is 13.2. The number of ether oxygens (including phenoxy) is 2. The maximum Gasteiger partial charge on any atom is 0.324 e. The predicted octanol–water partition coefficient (Wildman–Crippen LogP) is 2.23. The first-order valence-electron chi connectivity index (χ1n) is 6.90. The molecule has 0 amide bonds. The van der Waals surface area contributed by atoms with Crippen LogP contribution < -0.4 is 0 Å². The highest BCUT2D eigenvalue weighted by atomic mass is 32.5. The van der Waals surface area contributed by atoms with Crippen molar-refractivity contribution in [2.75, 3.05) is 19.8 Å². The molecule has 2 heterocycles. The van der Waals surface area contributed by atoms with Gasteiger partial charge >= 0.3 is 6.72 Å². The summed E-state index contributed by atoms with van der Waals surface area (Å²) in [5, 5.41) is 0. The molecule has 112 valence electrons. The topological polar surface area (TPSA) is 57.2 Å². The maximum atomic E-state index is 10.1. The fraction of sp³-hybridized carbons (Fsp3) is 1.00. The summed E-state index contributed by atoms with van der Waals surface area (Å²) in [7, 11) is 0. The second kappa shape index (κ2) is 6.94. The first-order chi connectivity index (χ1) is 9.02. The molecule has 2 aliphatic heterocycles. The molecule has 2 saturated heterocycles. The average molecular weight is 310 g/mol. The van der Waals surface area contributed by atoms with E-state index in [-0.39, 0.29) is 18.3 Å². The standard InChI is InChI=1S/C12H23O5PS/c1-3-10-11(5-7-14-10)17-18(13,19)16-8-12-9(2)4-6-15-12/h9-12H,3-8H2,1-2H3,(H,13,19)/t9-,10-,11-,12-,18?/m1/s1. The molecule has 0 saturated carbocycles. The van der Waals surface area contributed by atoms with Gasteiger partial charge in [-0.3, -0.25) is 0 Å². The Morgan fingerprint density at radius 3 is 2.58 bits per heavy atom. The van der Waals surface area contributed by atoms with Crippen molar-refractivity contribution >= 4 is 18.5 Å². The molecule has 5 atom stereocenters. The summed E-state index contributed by atoms with van der Waals surface area (Å²) in [4.78, 5) is 10.1. The number of rotatable bonds is 6. The van der Waals surface area contributed by atoms with Gasteiger partial charge in [-0.15, -0.1) is 0 Å². The van der Waals surface area contributed by atoms with Crippen LogP contribution in [0.5, 0.6) is 0 Å². The lowest BCUT2D eigenvalue weighted by atomic mass is 10.1. The van der Waals surface area contributed by atoms with Crippen LogP contribution >= 0.6 is 6.72 Å². The largest absolute Gasteiger partial charge is 0.376 e. The summed E-state index contributed by atoms with van der Waals surface area (Å²) in [6, 6.07) is 0. The molecule has 2 aliphatic rings. The number of hydrogen-bond acceptors (Lipinski definition) is 5. The van der Waals surface area contributed by atoms with E-state index in [1.807, 2.05) is 6.92 Å². The van der Waals surface area contributed by atoms with Crippen molar-refractivity contribution in [3.63, 3.8) is 0 Å². The lowest BCUT2D eigenvalue weighted by Gasteiger charge is -2.24. The van der Waals surface area contributed by atoms with Gasteiger partial charge in [-0.2, -0.15) is 0 Å². The Balaban J connectivity index is 1.79. The van der Waals surface area contributed by atoms with Crippen molar-refractivity contribution in [2.45, 2.75) is 51.4 Å². The lowest BCUT2D eigenvalue weighted by molar-refractivity contribution is 0.0212. The second-order valence-electron chi connectivity index (χ2n) is 5.19. The molecule has 1 unspecified atom stereocenters. The Morgan fingerprint density at radius 2 is 1.95 bits per heavy atom. The van der Waals surface area contributed by atoms with Crippen LogP contribution in [0, 0.1) is 5.92 Å². The molecule has 5 nitrogen and oxygen atoms in total. The van der Waals surface area contributed by atoms with Gasteiger partial charge in [0.1, 0.15) is 0 Å². The summed E-state index contributed by atoms with van der Waals surface area (Å²) in [6.45, 7) is 2.65. The summed E-state index contributed by atoms with van der Waals surface area (Å²) in [5.74, 6) is 0.438. The van der Waals surface area contributed by atoms with Gasteiger partial charge in [-0.25, -0.2) is 0 Å². The Bertz CT molecular complexity index is 340. The van der Waals surface area contributed by atoms with Crippen LogP contribution in [0.15, 0.2) is 0 Å². The molecule has 7 heteroatoms. The van der Waals surface area contributed by atoms with Gasteiger partial charge in [-0.1, -0.05) is 13.8 Å². The molecule has 2 fully saturated rings. The normalized spacial score (nSPS) is 38.5. The highest BCUT2D eigenvalue weighted by molar-refractivity contribution is 8.07. The van der Waals surface area contributed by atoms with Gasteiger partial charge in [0, 0.05) is 19.6 Å². The third-order valence-corrected chi connectivity index (χ3v) is 5.35. The van der Waals surface area contributed by atoms with E-state index in [1.54, 1.807) is 0 Å². The molecule has 0 radical (unpaired) electrons. The van der Waals surface area contributed by atoms with E-state index in [0.717, 1.165) is 25.9 Å². The SMILES string of the molecule is CC[C@H]1OCC[C@H]1OP(O)(=S)OC[C@H]1OCC[C@H]1C. The summed E-state index contributed by atoms with van der Waals surface area (Å²) < 4.78 is 22.0. The smallest absolute Gasteiger partial charge is 0.324 e. The van der Waals surface area contributed by atoms with Crippen LogP contribution in [0.1, 0.15) is 33.1 Å². The van der Waals surface area contributed by atoms with Gasteiger partial charge in [0.15, 0.2) is 0 Å². The molecule has 0 aromatic heterocycles. The van der Waals surface area contributed by atoms with E-state index in [4.69, 9.17) is 30.3 Å². The fourth-order valence-electron chi connectivity index (χ4n) is 2.47. The molecular weight excluding hydrogens is 287 g/mol. The van der Waals surface area contributed by atoms with Crippen molar-refractivity contribution in [3.8, 4) is 0 Å². The molecular formula is C12H23O5PS. The first-order valence-corrected chi connectivity index (χ1v) is 9.50. The van der Waals surface area contributed by atoms with Crippen molar-refractivity contribution in [3.05, 3.63) is 0 Å². The lowest BCUT2D eigenvalue weighted by Crippen LogP contribution is -2.24. The third-order valence-electron chi connectivity index (χ3n) is 3.76. The summed E-state index contributed by atoms with van der Waals surface area (Å²) in [6.07, 6.45) is 2.51. The quantitative estimate of drug-likeness (QED) is 0.759. The third kappa shape index (κ3) is 4.46. The molecule has 1 N–H and O–H groups in total. The van der Waals surface area contributed by atoms with E-state index in [0.29, 0.717) is 19.1 Å². The monoisotopic (exact) mass is 310 g/mol. The van der Waals surface area contributed by atoms with Gasteiger partial charge < -0.3 is 23.4 Å². The molecule has 0 aromatic carbocycles. The van der Waals surface area contributed by atoms with Crippen LogP contribution in [-0.2, 0) is 30.3 Å². The van der Waals surface area contributed by atoms with E-state index < -0.39 is 6.72 Å². The van der Waals surface area contributed by atoms with E-state index in [1.165, 1.54) is 0 Å². The molecule has 0 bridgehead atoms. The van der Waals surface area contributed by atoms with Crippen LogP contribution in [0.2, 0.25) is 0 Å². The molecule has 0 aromatic rings. The van der Waals surface area contributed by atoms with Crippen LogP contribution in [0.25, 0.3) is 0 Å². The van der Waals surface area contributed by atoms with Gasteiger partial charge in [0.2, 0.25) is 0 Å². The Kier molecular flexibility index (Phi) is 5.78. The van der Waals surface area contributed by atoms with E-state index in [2.05, 4.69) is 6.92 Å². The van der Waals surface area contributed by atoms with Crippen LogP contribution in [-0.4, -0.2) is 43.0 Å². The molecule has 0 aliphatic carbocycles. The Morgan fingerprint density at radius 1 is 1.26 bits per heavy atom. The van der Waals surface area contributed by atoms with Crippen LogP contribution in [0.4, 0.5) is 0 Å². The minimum Gasteiger partial charge on any atom is -0.376 e. The number of hydrogen-bond donors (Lipinski definition) is 1.